The fourth-order valence-electron chi connectivity index (χ4n) is 2.45. The number of anilines is 1. The van der Waals surface area contributed by atoms with Crippen LogP contribution in [0.25, 0.3) is 11.0 Å². The number of halogens is 1. The molecule has 1 aromatic carbocycles. The highest BCUT2D eigenvalue weighted by Crippen LogP contribution is 2.24. The molecule has 144 valence electrons. The van der Waals surface area contributed by atoms with Crippen molar-refractivity contribution in [1.82, 2.24) is 19.9 Å². The van der Waals surface area contributed by atoms with Gasteiger partial charge in [-0.25, -0.2) is 4.98 Å². The predicted molar refractivity (Wildman–Crippen MR) is 104 cm³/mol. The van der Waals surface area contributed by atoms with Crippen molar-refractivity contribution < 1.29 is 14.3 Å². The second-order valence-electron chi connectivity index (χ2n) is 6.02. The van der Waals surface area contributed by atoms with Gasteiger partial charge in [-0.1, -0.05) is 11.6 Å². The standard InChI is InChI=1S/C18H16ClN5O4/c1-24(2)17(27)9-4-5-12(19)13(7-9)21-15(25)11-6-10-8-20-18(28-3)23-14(10)22-16(11)26/h4-8H,1-3H3,(H,21,25)(H,20,22,23,26). The Kier molecular flexibility index (Phi) is 5.27. The van der Waals surface area contributed by atoms with Gasteiger partial charge >= 0.3 is 6.01 Å². The molecule has 0 radical (unpaired) electrons. The summed E-state index contributed by atoms with van der Waals surface area (Å²) in [5.74, 6) is -0.933. The smallest absolute Gasteiger partial charge is 0.318 e. The summed E-state index contributed by atoms with van der Waals surface area (Å²) in [6, 6.07) is 5.96. The van der Waals surface area contributed by atoms with Crippen LogP contribution in [0.4, 0.5) is 5.69 Å². The topological polar surface area (TPSA) is 117 Å². The van der Waals surface area contributed by atoms with Crippen molar-refractivity contribution >= 4 is 40.1 Å². The molecule has 2 heterocycles. The molecular weight excluding hydrogens is 386 g/mol. The number of aromatic nitrogens is 3. The Hall–Kier alpha value is -3.46. The maximum atomic E-state index is 12.6. The van der Waals surface area contributed by atoms with E-state index in [1.165, 1.54) is 36.4 Å². The Morgan fingerprint density at radius 1 is 1.25 bits per heavy atom. The van der Waals surface area contributed by atoms with Gasteiger partial charge in [0.2, 0.25) is 0 Å². The van der Waals surface area contributed by atoms with Crippen molar-refractivity contribution in [3.8, 4) is 6.01 Å². The third-order valence-electron chi connectivity index (χ3n) is 3.87. The van der Waals surface area contributed by atoms with Gasteiger partial charge in [-0.15, -0.1) is 0 Å². The Morgan fingerprint density at radius 3 is 2.68 bits per heavy atom. The van der Waals surface area contributed by atoms with E-state index in [2.05, 4.69) is 20.3 Å². The highest BCUT2D eigenvalue weighted by atomic mass is 35.5. The van der Waals surface area contributed by atoms with Gasteiger partial charge < -0.3 is 19.9 Å². The summed E-state index contributed by atoms with van der Waals surface area (Å²) in [4.78, 5) is 48.9. The summed E-state index contributed by atoms with van der Waals surface area (Å²) < 4.78 is 4.91. The van der Waals surface area contributed by atoms with Crippen LogP contribution in [0.2, 0.25) is 5.02 Å². The second kappa shape index (κ2) is 7.65. The molecule has 0 aliphatic carbocycles. The van der Waals surface area contributed by atoms with E-state index in [4.69, 9.17) is 16.3 Å². The number of fused-ring (bicyclic) bond motifs is 1. The molecule has 2 N–H and O–H groups in total. The molecule has 0 unspecified atom stereocenters. The lowest BCUT2D eigenvalue weighted by Crippen LogP contribution is -2.24. The maximum Gasteiger partial charge on any atom is 0.318 e. The third kappa shape index (κ3) is 3.79. The number of carbonyl (C=O) groups is 2. The van der Waals surface area contributed by atoms with E-state index in [0.717, 1.165) is 0 Å². The van der Waals surface area contributed by atoms with E-state index in [0.29, 0.717) is 10.9 Å². The van der Waals surface area contributed by atoms with Crippen LogP contribution in [0.3, 0.4) is 0 Å². The molecule has 3 rings (SSSR count). The maximum absolute atomic E-state index is 12.6. The Balaban J connectivity index is 1.95. The van der Waals surface area contributed by atoms with Crippen LogP contribution in [-0.4, -0.2) is 52.9 Å². The van der Waals surface area contributed by atoms with Crippen LogP contribution in [0.1, 0.15) is 20.7 Å². The van der Waals surface area contributed by atoms with Crippen molar-refractivity contribution in [2.75, 3.05) is 26.5 Å². The number of hydrogen-bond acceptors (Lipinski definition) is 6. The van der Waals surface area contributed by atoms with Crippen LogP contribution in [-0.2, 0) is 0 Å². The highest BCUT2D eigenvalue weighted by Gasteiger charge is 2.16. The van der Waals surface area contributed by atoms with E-state index >= 15 is 0 Å². The molecule has 0 bridgehead atoms. The molecule has 0 atom stereocenters. The normalized spacial score (nSPS) is 10.6. The van der Waals surface area contributed by atoms with Crippen LogP contribution >= 0.6 is 11.6 Å². The van der Waals surface area contributed by atoms with Crippen LogP contribution < -0.4 is 15.6 Å². The molecular formula is C18H16ClN5O4. The Labute approximate surface area is 164 Å². The summed E-state index contributed by atoms with van der Waals surface area (Å²) in [7, 11) is 4.63. The minimum Gasteiger partial charge on any atom is -0.467 e. The van der Waals surface area contributed by atoms with Crippen molar-refractivity contribution in [1.29, 1.82) is 0 Å². The molecule has 2 amide bonds. The molecule has 0 aliphatic heterocycles. The number of nitrogens with one attached hydrogen (secondary N) is 2. The van der Waals surface area contributed by atoms with Gasteiger partial charge in [-0.05, 0) is 24.3 Å². The van der Waals surface area contributed by atoms with Gasteiger partial charge in [-0.2, -0.15) is 4.98 Å². The number of hydrogen-bond donors (Lipinski definition) is 2. The molecule has 10 heteroatoms. The number of nitrogens with zero attached hydrogens (tertiary/aromatic N) is 3. The van der Waals surface area contributed by atoms with E-state index < -0.39 is 11.5 Å². The number of aromatic amines is 1. The minimum absolute atomic E-state index is 0.0921. The number of pyridine rings is 1. The van der Waals surface area contributed by atoms with Crippen molar-refractivity contribution in [2.24, 2.45) is 0 Å². The second-order valence-corrected chi connectivity index (χ2v) is 6.43. The van der Waals surface area contributed by atoms with Gasteiger partial charge in [-0.3, -0.25) is 14.4 Å². The minimum atomic E-state index is -0.685. The van der Waals surface area contributed by atoms with Gasteiger partial charge in [0, 0.05) is 31.2 Å². The number of ether oxygens (including phenoxy) is 1. The molecule has 0 spiro atoms. The SMILES string of the molecule is COc1ncc2cc(C(=O)Nc3cc(C(=O)N(C)C)ccc3Cl)c(=O)[nH]c2n1. The summed E-state index contributed by atoms with van der Waals surface area (Å²) in [5.41, 5.74) is 0.0107. The van der Waals surface area contributed by atoms with E-state index in [1.54, 1.807) is 20.2 Å². The lowest BCUT2D eigenvalue weighted by Gasteiger charge is -2.13. The number of rotatable bonds is 4. The monoisotopic (exact) mass is 401 g/mol. The average Bonchev–Trinajstić information content (AvgIpc) is 2.67. The third-order valence-corrected chi connectivity index (χ3v) is 4.20. The fraction of sp³-hybridized carbons (Fsp3) is 0.167. The summed E-state index contributed by atoms with van der Waals surface area (Å²) in [6.45, 7) is 0. The first-order valence-corrected chi connectivity index (χ1v) is 8.44. The summed E-state index contributed by atoms with van der Waals surface area (Å²) in [6.07, 6.45) is 1.43. The quantitative estimate of drug-likeness (QED) is 0.689. The molecule has 2 aromatic heterocycles. The number of H-pyrrole nitrogens is 1. The molecule has 0 aliphatic rings. The molecule has 28 heavy (non-hydrogen) atoms. The number of benzene rings is 1. The zero-order valence-corrected chi connectivity index (χ0v) is 16.0. The molecule has 0 saturated heterocycles. The van der Waals surface area contributed by atoms with Gasteiger partial charge in [0.15, 0.2) is 0 Å². The summed E-state index contributed by atoms with van der Waals surface area (Å²) in [5, 5.41) is 3.24. The van der Waals surface area contributed by atoms with Crippen LogP contribution in [0, 0.1) is 0 Å². The highest BCUT2D eigenvalue weighted by molar-refractivity contribution is 6.34. The molecule has 0 fully saturated rings. The Bertz CT molecular complexity index is 1140. The van der Waals surface area contributed by atoms with Crippen LogP contribution in [0.5, 0.6) is 6.01 Å². The van der Waals surface area contributed by atoms with Crippen molar-refractivity contribution in [3.05, 3.63) is 57.0 Å². The van der Waals surface area contributed by atoms with Crippen LogP contribution in [0.15, 0.2) is 35.3 Å². The van der Waals surface area contributed by atoms with E-state index in [9.17, 15) is 14.4 Å². The van der Waals surface area contributed by atoms with Gasteiger partial charge in [0.05, 0.1) is 17.8 Å². The number of methoxy groups -OCH3 is 1. The fourth-order valence-corrected chi connectivity index (χ4v) is 2.61. The van der Waals surface area contributed by atoms with E-state index in [-0.39, 0.29) is 33.8 Å². The van der Waals surface area contributed by atoms with E-state index in [1.807, 2.05) is 0 Å². The first-order valence-electron chi connectivity index (χ1n) is 8.06. The van der Waals surface area contributed by atoms with Crippen molar-refractivity contribution in [2.45, 2.75) is 0 Å². The first-order chi connectivity index (χ1) is 13.3. The van der Waals surface area contributed by atoms with Crippen molar-refractivity contribution in [3.63, 3.8) is 0 Å². The summed E-state index contributed by atoms with van der Waals surface area (Å²) >= 11 is 6.12. The lowest BCUT2D eigenvalue weighted by molar-refractivity contribution is 0.0827. The molecule has 3 aromatic rings. The number of amides is 2. The largest absolute Gasteiger partial charge is 0.467 e. The van der Waals surface area contributed by atoms with Gasteiger partial charge in [0.25, 0.3) is 17.4 Å². The molecule has 0 saturated carbocycles. The average molecular weight is 402 g/mol. The number of carbonyl (C=O) groups excluding carboxylic acids is 2. The zero-order chi connectivity index (χ0) is 20.4. The lowest BCUT2D eigenvalue weighted by atomic mass is 10.1. The predicted octanol–water partition coefficient (Wildman–Crippen LogP) is 1.93. The van der Waals surface area contributed by atoms with Gasteiger partial charge in [0.1, 0.15) is 11.2 Å². The zero-order valence-electron chi connectivity index (χ0n) is 15.2. The Morgan fingerprint density at radius 2 is 2.00 bits per heavy atom. The molecule has 9 nitrogen and oxygen atoms in total. The first kappa shape index (κ1) is 19.3.